The number of rotatable bonds is 4. The summed E-state index contributed by atoms with van der Waals surface area (Å²) in [6.45, 7) is 4.18. The second-order valence-corrected chi connectivity index (χ2v) is 6.15. The van der Waals surface area contributed by atoms with E-state index in [0.29, 0.717) is 11.3 Å². The molecule has 106 valence electrons. The molecule has 0 spiro atoms. The minimum Gasteiger partial charge on any atom is -0.464 e. The van der Waals surface area contributed by atoms with E-state index in [4.69, 9.17) is 4.42 Å². The molecule has 0 N–H and O–H groups in total. The lowest BCUT2D eigenvalue weighted by Crippen LogP contribution is -2.01. The van der Waals surface area contributed by atoms with Gasteiger partial charge in [-0.05, 0) is 43.2 Å². The lowest BCUT2D eigenvalue weighted by atomic mass is 10.1. The summed E-state index contributed by atoms with van der Waals surface area (Å²) in [5.41, 5.74) is 3.95. The van der Waals surface area contributed by atoms with Gasteiger partial charge in [0.25, 0.3) is 0 Å². The number of fused-ring (bicyclic) bond motifs is 1. The molecular weight excluding hydrogens is 280 g/mol. The number of hydrogen-bond donors (Lipinski definition) is 0. The normalized spacial score (nSPS) is 11.0. The van der Waals surface area contributed by atoms with E-state index in [-0.39, 0.29) is 5.78 Å². The fourth-order valence-electron chi connectivity index (χ4n) is 2.22. The highest BCUT2D eigenvalue weighted by molar-refractivity contribution is 8.00. The van der Waals surface area contributed by atoms with Crippen LogP contribution in [0, 0.1) is 13.8 Å². The molecule has 0 amide bonds. The number of aryl methyl sites for hydroxylation is 2. The quantitative estimate of drug-likeness (QED) is 0.500. The Kier molecular flexibility index (Phi) is 3.84. The molecule has 0 radical (unpaired) electrons. The van der Waals surface area contributed by atoms with E-state index in [1.54, 1.807) is 18.0 Å². The van der Waals surface area contributed by atoms with Crippen molar-refractivity contribution in [1.29, 1.82) is 0 Å². The molecule has 0 aliphatic carbocycles. The second kappa shape index (κ2) is 5.78. The molecule has 3 aromatic rings. The third-order valence-corrected chi connectivity index (χ3v) is 4.62. The first-order valence-electron chi connectivity index (χ1n) is 6.84. The van der Waals surface area contributed by atoms with Gasteiger partial charge in [-0.25, -0.2) is 0 Å². The monoisotopic (exact) mass is 296 g/mol. The van der Waals surface area contributed by atoms with Crippen molar-refractivity contribution in [3.05, 3.63) is 65.4 Å². The van der Waals surface area contributed by atoms with Crippen LogP contribution in [-0.2, 0) is 0 Å². The number of carbonyl (C=O) groups excluding carboxylic acids is 1. The van der Waals surface area contributed by atoms with Gasteiger partial charge >= 0.3 is 0 Å². The van der Waals surface area contributed by atoms with E-state index in [1.807, 2.05) is 24.3 Å². The number of Topliss-reactive ketones (excluding diaryl/α,β-unsaturated/α-hetero) is 1. The van der Waals surface area contributed by atoms with E-state index in [2.05, 4.69) is 32.0 Å². The number of furan rings is 1. The van der Waals surface area contributed by atoms with Gasteiger partial charge in [-0.1, -0.05) is 24.3 Å². The minimum absolute atomic E-state index is 0.100. The smallest absolute Gasteiger partial charge is 0.176 e. The summed E-state index contributed by atoms with van der Waals surface area (Å²) in [7, 11) is 0. The molecule has 0 saturated heterocycles. The van der Waals surface area contributed by atoms with E-state index in [1.165, 1.54) is 11.1 Å². The summed E-state index contributed by atoms with van der Waals surface area (Å²) >= 11 is 1.57. The highest BCUT2D eigenvalue weighted by Crippen LogP contribution is 2.25. The van der Waals surface area contributed by atoms with Crippen LogP contribution in [0.15, 0.2) is 58.0 Å². The van der Waals surface area contributed by atoms with Gasteiger partial charge in [0.2, 0.25) is 0 Å². The number of carbonyl (C=O) groups is 1. The molecule has 0 aliphatic heterocycles. The Bertz CT molecular complexity index is 802. The van der Waals surface area contributed by atoms with Crippen molar-refractivity contribution in [2.24, 2.45) is 0 Å². The fraction of sp³-hybridized carbons (Fsp3) is 0.167. The van der Waals surface area contributed by atoms with E-state index in [9.17, 15) is 4.79 Å². The Hall–Kier alpha value is -2.00. The summed E-state index contributed by atoms with van der Waals surface area (Å²) in [6.07, 6.45) is 1.56. The van der Waals surface area contributed by atoms with Crippen LogP contribution < -0.4 is 0 Å². The molecule has 3 rings (SSSR count). The Morgan fingerprint density at radius 3 is 2.71 bits per heavy atom. The van der Waals surface area contributed by atoms with Gasteiger partial charge in [0.05, 0.1) is 11.3 Å². The SMILES string of the molecule is Cc1ccc(SCC(=O)c2coc3ccccc23)cc1C. The van der Waals surface area contributed by atoms with Crippen molar-refractivity contribution in [2.45, 2.75) is 18.7 Å². The lowest BCUT2D eigenvalue weighted by molar-refractivity contribution is 0.102. The van der Waals surface area contributed by atoms with Gasteiger partial charge < -0.3 is 4.42 Å². The predicted octanol–water partition coefficient (Wildman–Crippen LogP) is 5.02. The highest BCUT2D eigenvalue weighted by Gasteiger charge is 2.13. The maximum atomic E-state index is 12.4. The molecule has 3 heteroatoms. The molecule has 2 aromatic carbocycles. The molecule has 0 atom stereocenters. The van der Waals surface area contributed by atoms with Crippen LogP contribution in [0.5, 0.6) is 0 Å². The number of thioether (sulfide) groups is 1. The number of benzene rings is 2. The van der Waals surface area contributed by atoms with Gasteiger partial charge in [0.1, 0.15) is 11.8 Å². The first-order valence-corrected chi connectivity index (χ1v) is 7.83. The standard InChI is InChI=1S/C18H16O2S/c1-12-7-8-14(9-13(12)2)21-11-17(19)16-10-20-18-6-4-3-5-15(16)18/h3-10H,11H2,1-2H3. The summed E-state index contributed by atoms with van der Waals surface area (Å²) in [4.78, 5) is 13.5. The molecule has 1 heterocycles. The maximum absolute atomic E-state index is 12.4. The van der Waals surface area contributed by atoms with E-state index < -0.39 is 0 Å². The molecule has 1 aromatic heterocycles. The zero-order valence-corrected chi connectivity index (χ0v) is 12.9. The average Bonchev–Trinajstić information content (AvgIpc) is 2.92. The van der Waals surface area contributed by atoms with Crippen LogP contribution in [0.3, 0.4) is 0 Å². The largest absolute Gasteiger partial charge is 0.464 e. The van der Waals surface area contributed by atoms with Crippen LogP contribution >= 0.6 is 11.8 Å². The Morgan fingerprint density at radius 1 is 1.10 bits per heavy atom. The molecule has 0 unspecified atom stereocenters. The van der Waals surface area contributed by atoms with Gasteiger partial charge in [-0.2, -0.15) is 0 Å². The van der Waals surface area contributed by atoms with Crippen LogP contribution in [-0.4, -0.2) is 11.5 Å². The Balaban J connectivity index is 1.76. The fourth-order valence-corrected chi connectivity index (χ4v) is 3.10. The lowest BCUT2D eigenvalue weighted by Gasteiger charge is -2.04. The van der Waals surface area contributed by atoms with Crippen molar-refractivity contribution >= 4 is 28.5 Å². The highest BCUT2D eigenvalue weighted by atomic mass is 32.2. The van der Waals surface area contributed by atoms with Crippen molar-refractivity contribution < 1.29 is 9.21 Å². The van der Waals surface area contributed by atoms with Crippen LogP contribution in [0.1, 0.15) is 21.5 Å². The van der Waals surface area contributed by atoms with Gasteiger partial charge in [0.15, 0.2) is 5.78 Å². The van der Waals surface area contributed by atoms with Gasteiger partial charge in [-0.15, -0.1) is 11.8 Å². The van der Waals surface area contributed by atoms with Crippen molar-refractivity contribution in [2.75, 3.05) is 5.75 Å². The zero-order valence-electron chi connectivity index (χ0n) is 12.1. The average molecular weight is 296 g/mol. The third kappa shape index (κ3) is 2.88. The van der Waals surface area contributed by atoms with E-state index in [0.717, 1.165) is 15.9 Å². The van der Waals surface area contributed by atoms with Crippen LogP contribution in [0.2, 0.25) is 0 Å². The summed E-state index contributed by atoms with van der Waals surface area (Å²) < 4.78 is 5.43. The molecular formula is C18H16O2S. The molecule has 2 nitrogen and oxygen atoms in total. The number of hydrogen-bond acceptors (Lipinski definition) is 3. The summed E-state index contributed by atoms with van der Waals surface area (Å²) in [5.74, 6) is 0.523. The topological polar surface area (TPSA) is 30.2 Å². The van der Waals surface area contributed by atoms with Gasteiger partial charge in [0, 0.05) is 10.3 Å². The van der Waals surface area contributed by atoms with E-state index >= 15 is 0 Å². The van der Waals surface area contributed by atoms with Crippen LogP contribution in [0.4, 0.5) is 0 Å². The number of ketones is 1. The molecule has 0 fully saturated rings. The summed E-state index contributed by atoms with van der Waals surface area (Å²) in [6, 6.07) is 13.9. The van der Waals surface area contributed by atoms with Gasteiger partial charge in [-0.3, -0.25) is 4.79 Å². The molecule has 21 heavy (non-hydrogen) atoms. The third-order valence-electron chi connectivity index (χ3n) is 3.63. The Morgan fingerprint density at radius 2 is 1.90 bits per heavy atom. The first kappa shape index (κ1) is 14.0. The number of para-hydroxylation sites is 1. The maximum Gasteiger partial charge on any atom is 0.176 e. The van der Waals surface area contributed by atoms with Crippen LogP contribution in [0.25, 0.3) is 11.0 Å². The van der Waals surface area contributed by atoms with Crippen molar-refractivity contribution in [3.8, 4) is 0 Å². The first-order chi connectivity index (χ1) is 10.1. The second-order valence-electron chi connectivity index (χ2n) is 5.10. The Labute approximate surface area is 128 Å². The zero-order chi connectivity index (χ0) is 14.8. The van der Waals surface area contributed by atoms with Crippen molar-refractivity contribution in [1.82, 2.24) is 0 Å². The summed E-state index contributed by atoms with van der Waals surface area (Å²) in [5, 5.41) is 0.892. The minimum atomic E-state index is 0.100. The molecule has 0 aliphatic rings. The predicted molar refractivity (Wildman–Crippen MR) is 87.2 cm³/mol. The molecule has 0 saturated carbocycles. The molecule has 0 bridgehead atoms. The van der Waals surface area contributed by atoms with Crippen molar-refractivity contribution in [3.63, 3.8) is 0 Å².